The minimum Gasteiger partial charge on any atom is -0.337 e. The zero-order chi connectivity index (χ0) is 17.8. The standard InChI is InChI=1S/C20H27N5O/c26-20(7-12-24-13-8-21-16-24)25-11-3-4-19(25)18-6-5-17(14-22-18)15-23-9-1-2-10-23/h5-6,8,13-14,16,19H,1-4,7,9-12,15H2. The molecule has 2 saturated heterocycles. The van der Waals surface area contributed by atoms with Gasteiger partial charge in [0.2, 0.25) is 5.91 Å². The second kappa shape index (κ2) is 7.99. The van der Waals surface area contributed by atoms with Gasteiger partial charge in [0.1, 0.15) is 0 Å². The summed E-state index contributed by atoms with van der Waals surface area (Å²) in [5, 5.41) is 0. The second-order valence-corrected chi connectivity index (χ2v) is 7.37. The molecule has 2 aliphatic heterocycles. The van der Waals surface area contributed by atoms with Crippen molar-refractivity contribution in [2.24, 2.45) is 0 Å². The summed E-state index contributed by atoms with van der Waals surface area (Å²) in [4.78, 5) is 25.9. The van der Waals surface area contributed by atoms with Gasteiger partial charge in [0.15, 0.2) is 0 Å². The van der Waals surface area contributed by atoms with E-state index in [1.165, 1.54) is 31.5 Å². The number of aromatic nitrogens is 3. The van der Waals surface area contributed by atoms with Crippen LogP contribution in [0.25, 0.3) is 0 Å². The third-order valence-corrected chi connectivity index (χ3v) is 5.51. The lowest BCUT2D eigenvalue weighted by atomic mass is 10.1. The van der Waals surface area contributed by atoms with Crippen molar-refractivity contribution in [1.82, 2.24) is 24.3 Å². The molecule has 2 aromatic rings. The predicted molar refractivity (Wildman–Crippen MR) is 99.3 cm³/mol. The molecule has 2 aliphatic rings. The van der Waals surface area contributed by atoms with Gasteiger partial charge in [-0.15, -0.1) is 0 Å². The number of hydrogen-bond donors (Lipinski definition) is 0. The molecule has 0 spiro atoms. The van der Waals surface area contributed by atoms with E-state index in [-0.39, 0.29) is 11.9 Å². The van der Waals surface area contributed by atoms with Crippen molar-refractivity contribution in [2.75, 3.05) is 19.6 Å². The summed E-state index contributed by atoms with van der Waals surface area (Å²) in [5.74, 6) is 0.212. The van der Waals surface area contributed by atoms with Gasteiger partial charge >= 0.3 is 0 Å². The number of pyridine rings is 1. The molecule has 6 heteroatoms. The van der Waals surface area contributed by atoms with E-state index in [9.17, 15) is 4.79 Å². The van der Waals surface area contributed by atoms with Crippen LogP contribution in [0.5, 0.6) is 0 Å². The van der Waals surface area contributed by atoms with E-state index < -0.39 is 0 Å². The van der Waals surface area contributed by atoms with E-state index in [1.807, 2.05) is 21.9 Å². The van der Waals surface area contributed by atoms with Gasteiger partial charge in [0, 0.05) is 44.6 Å². The lowest BCUT2D eigenvalue weighted by molar-refractivity contribution is -0.132. The maximum atomic E-state index is 12.7. The summed E-state index contributed by atoms with van der Waals surface area (Å²) in [6, 6.07) is 4.44. The minimum absolute atomic E-state index is 0.131. The van der Waals surface area contributed by atoms with Crippen LogP contribution < -0.4 is 0 Å². The molecule has 138 valence electrons. The van der Waals surface area contributed by atoms with Gasteiger partial charge in [0.25, 0.3) is 0 Å². The Morgan fingerprint density at radius 1 is 1.15 bits per heavy atom. The SMILES string of the molecule is O=C(CCn1ccnc1)N1CCCC1c1ccc(CN2CCCC2)cn1. The van der Waals surface area contributed by atoms with Crippen molar-refractivity contribution in [3.8, 4) is 0 Å². The summed E-state index contributed by atoms with van der Waals surface area (Å²) in [6.07, 6.45) is 12.6. The highest BCUT2D eigenvalue weighted by molar-refractivity contribution is 5.76. The topological polar surface area (TPSA) is 54.3 Å². The van der Waals surface area contributed by atoms with Crippen LogP contribution in [0.2, 0.25) is 0 Å². The lowest BCUT2D eigenvalue weighted by Crippen LogP contribution is -2.31. The van der Waals surface area contributed by atoms with Gasteiger partial charge < -0.3 is 9.47 Å². The Kier molecular flexibility index (Phi) is 5.29. The predicted octanol–water partition coefficient (Wildman–Crippen LogP) is 2.63. The molecule has 1 atom stereocenters. The average Bonchev–Trinajstić information content (AvgIpc) is 3.42. The summed E-state index contributed by atoms with van der Waals surface area (Å²) in [5.41, 5.74) is 2.30. The van der Waals surface area contributed by atoms with E-state index in [2.05, 4.69) is 22.0 Å². The number of hydrogen-bond acceptors (Lipinski definition) is 4. The molecule has 1 unspecified atom stereocenters. The van der Waals surface area contributed by atoms with Gasteiger partial charge in [-0.2, -0.15) is 0 Å². The van der Waals surface area contributed by atoms with E-state index in [0.717, 1.165) is 31.6 Å². The zero-order valence-electron chi connectivity index (χ0n) is 15.3. The number of amides is 1. The zero-order valence-corrected chi connectivity index (χ0v) is 15.3. The molecule has 1 amide bonds. The highest BCUT2D eigenvalue weighted by atomic mass is 16.2. The van der Waals surface area contributed by atoms with Crippen LogP contribution in [0.4, 0.5) is 0 Å². The van der Waals surface area contributed by atoms with Crippen LogP contribution in [0, 0.1) is 0 Å². The number of carbonyl (C=O) groups is 1. The van der Waals surface area contributed by atoms with Gasteiger partial charge in [-0.25, -0.2) is 4.98 Å². The van der Waals surface area contributed by atoms with Gasteiger partial charge in [-0.1, -0.05) is 6.07 Å². The van der Waals surface area contributed by atoms with Crippen molar-refractivity contribution in [1.29, 1.82) is 0 Å². The first kappa shape index (κ1) is 17.2. The molecule has 2 fully saturated rings. The number of rotatable bonds is 6. The van der Waals surface area contributed by atoms with Crippen molar-refractivity contribution in [3.63, 3.8) is 0 Å². The van der Waals surface area contributed by atoms with Crippen molar-refractivity contribution < 1.29 is 4.79 Å². The first-order valence-corrected chi connectivity index (χ1v) is 9.72. The summed E-state index contributed by atoms with van der Waals surface area (Å²) in [7, 11) is 0. The normalized spacial score (nSPS) is 20.8. The van der Waals surface area contributed by atoms with Crippen molar-refractivity contribution in [3.05, 3.63) is 48.3 Å². The van der Waals surface area contributed by atoms with Crippen LogP contribution in [-0.2, 0) is 17.9 Å². The monoisotopic (exact) mass is 353 g/mol. The third kappa shape index (κ3) is 3.96. The molecule has 0 bridgehead atoms. The van der Waals surface area contributed by atoms with Crippen LogP contribution in [0.15, 0.2) is 37.1 Å². The maximum Gasteiger partial charge on any atom is 0.224 e. The first-order valence-electron chi connectivity index (χ1n) is 9.72. The minimum atomic E-state index is 0.131. The van der Waals surface area contributed by atoms with E-state index in [1.54, 1.807) is 12.5 Å². The fourth-order valence-electron chi connectivity index (χ4n) is 4.09. The smallest absolute Gasteiger partial charge is 0.224 e. The van der Waals surface area contributed by atoms with E-state index in [0.29, 0.717) is 13.0 Å². The average molecular weight is 353 g/mol. The molecule has 0 aliphatic carbocycles. The molecule has 6 nitrogen and oxygen atoms in total. The first-order chi connectivity index (χ1) is 12.8. The van der Waals surface area contributed by atoms with Gasteiger partial charge in [-0.05, 0) is 50.4 Å². The molecule has 0 aromatic carbocycles. The number of carbonyl (C=O) groups excluding carboxylic acids is 1. The Bertz CT molecular complexity index is 706. The Morgan fingerprint density at radius 3 is 2.77 bits per heavy atom. The fourth-order valence-corrected chi connectivity index (χ4v) is 4.09. The molecule has 4 rings (SSSR count). The summed E-state index contributed by atoms with van der Waals surface area (Å²) >= 11 is 0. The van der Waals surface area contributed by atoms with Crippen molar-refractivity contribution >= 4 is 5.91 Å². The van der Waals surface area contributed by atoms with E-state index >= 15 is 0 Å². The highest BCUT2D eigenvalue weighted by Crippen LogP contribution is 2.31. The Labute approximate surface area is 154 Å². The molecular formula is C20H27N5O. The molecule has 0 N–H and O–H groups in total. The maximum absolute atomic E-state index is 12.7. The number of likely N-dealkylation sites (tertiary alicyclic amines) is 2. The van der Waals surface area contributed by atoms with Crippen LogP contribution >= 0.6 is 0 Å². The Balaban J connectivity index is 1.36. The molecule has 26 heavy (non-hydrogen) atoms. The number of imidazole rings is 1. The van der Waals surface area contributed by atoms with Gasteiger partial charge in [-0.3, -0.25) is 14.7 Å². The molecule has 2 aromatic heterocycles. The van der Waals surface area contributed by atoms with E-state index in [4.69, 9.17) is 4.98 Å². The highest BCUT2D eigenvalue weighted by Gasteiger charge is 2.30. The second-order valence-electron chi connectivity index (χ2n) is 7.37. The lowest BCUT2D eigenvalue weighted by Gasteiger charge is -2.25. The van der Waals surface area contributed by atoms with Crippen molar-refractivity contribution in [2.45, 2.75) is 51.2 Å². The molecule has 0 saturated carbocycles. The summed E-state index contributed by atoms with van der Waals surface area (Å²) in [6.45, 7) is 4.91. The third-order valence-electron chi connectivity index (χ3n) is 5.51. The van der Waals surface area contributed by atoms with Crippen LogP contribution in [0.3, 0.4) is 0 Å². The fraction of sp³-hybridized carbons (Fsp3) is 0.550. The molecular weight excluding hydrogens is 326 g/mol. The quantitative estimate of drug-likeness (QED) is 0.801. The largest absolute Gasteiger partial charge is 0.337 e. The molecule has 4 heterocycles. The van der Waals surface area contributed by atoms with Crippen LogP contribution in [0.1, 0.15) is 49.4 Å². The summed E-state index contributed by atoms with van der Waals surface area (Å²) < 4.78 is 1.95. The van der Waals surface area contributed by atoms with Crippen LogP contribution in [-0.4, -0.2) is 49.9 Å². The van der Waals surface area contributed by atoms with Gasteiger partial charge in [0.05, 0.1) is 18.1 Å². The molecule has 0 radical (unpaired) electrons. The number of nitrogens with zero attached hydrogens (tertiary/aromatic N) is 5. The Hall–Kier alpha value is -2.21. The Morgan fingerprint density at radius 2 is 2.04 bits per heavy atom. The number of aryl methyl sites for hydroxylation is 1.